The Morgan fingerprint density at radius 3 is 2.32 bits per heavy atom. The Hall–Kier alpha value is -0.960. The van der Waals surface area contributed by atoms with Gasteiger partial charge in [0, 0.05) is 6.66 Å². The predicted octanol–water partition coefficient (Wildman–Crippen LogP) is 2.59. The van der Waals surface area contributed by atoms with E-state index in [1.807, 2.05) is 0 Å². The van der Waals surface area contributed by atoms with E-state index in [4.69, 9.17) is 0 Å². The van der Waals surface area contributed by atoms with Crippen LogP contribution in [0.25, 0.3) is 0 Å². The molecule has 0 amide bonds. The van der Waals surface area contributed by atoms with Gasteiger partial charge in [0.15, 0.2) is 0 Å². The Morgan fingerprint density at radius 2 is 1.84 bits per heavy atom. The molecule has 0 saturated carbocycles. The molecule has 108 valence electrons. The zero-order chi connectivity index (χ0) is 14.8. The smallest absolute Gasteiger partial charge is 0.294 e. The van der Waals surface area contributed by atoms with Crippen molar-refractivity contribution >= 4 is 18.1 Å². The molecule has 0 aromatic heterocycles. The molecular formula is C8H7F4O5PS. The molecule has 0 bridgehead atoms. The van der Waals surface area contributed by atoms with E-state index < -0.39 is 40.6 Å². The molecule has 1 atom stereocenters. The molecule has 0 spiro atoms. The second kappa shape index (κ2) is 5.58. The van der Waals surface area contributed by atoms with E-state index in [-0.39, 0.29) is 0 Å². The fraction of sp³-hybridized carbons (Fsp3) is 0.250. The first-order valence-corrected chi connectivity index (χ1v) is 7.75. The molecule has 1 aromatic rings. The zero-order valence-corrected chi connectivity index (χ0v) is 11.0. The quantitative estimate of drug-likeness (QED) is 0.369. The number of hydrogen-bond acceptors (Lipinski definition) is 5. The van der Waals surface area contributed by atoms with Crippen LogP contribution in [0.4, 0.5) is 17.6 Å². The van der Waals surface area contributed by atoms with Gasteiger partial charge in [0.05, 0.1) is 5.56 Å². The molecule has 19 heavy (non-hydrogen) atoms. The van der Waals surface area contributed by atoms with Gasteiger partial charge >= 0.3 is 16.3 Å². The van der Waals surface area contributed by atoms with Gasteiger partial charge in [0.2, 0.25) is 8.03 Å². The third-order valence-electron chi connectivity index (χ3n) is 1.76. The van der Waals surface area contributed by atoms with Crippen molar-refractivity contribution in [3.8, 4) is 0 Å². The highest BCUT2D eigenvalue weighted by molar-refractivity contribution is 7.86. The van der Waals surface area contributed by atoms with E-state index in [2.05, 4.69) is 9.01 Å². The molecule has 0 heterocycles. The summed E-state index contributed by atoms with van der Waals surface area (Å²) in [6.07, 6.45) is -5.11. The second-order valence-corrected chi connectivity index (χ2v) is 5.81. The average molecular weight is 322 g/mol. The predicted molar refractivity (Wildman–Crippen MR) is 55.7 cm³/mol. The van der Waals surface area contributed by atoms with Crippen molar-refractivity contribution in [1.82, 2.24) is 0 Å². The minimum Gasteiger partial charge on any atom is -0.294 e. The Bertz CT molecular complexity index is 598. The Morgan fingerprint density at radius 1 is 1.26 bits per heavy atom. The second-order valence-electron chi connectivity index (χ2n) is 3.21. The molecule has 1 unspecified atom stereocenters. The maximum Gasteiger partial charge on any atom is 0.417 e. The van der Waals surface area contributed by atoms with Crippen LogP contribution in [0.5, 0.6) is 0 Å². The molecule has 0 aliphatic heterocycles. The molecule has 1 aromatic carbocycles. The van der Waals surface area contributed by atoms with Crippen LogP contribution in [0, 0.1) is 5.82 Å². The lowest BCUT2D eigenvalue weighted by molar-refractivity contribution is -0.141. The van der Waals surface area contributed by atoms with Gasteiger partial charge in [-0.3, -0.25) is 4.57 Å². The summed E-state index contributed by atoms with van der Waals surface area (Å²) in [5.74, 6) is -1.66. The van der Waals surface area contributed by atoms with E-state index in [1.54, 1.807) is 0 Å². The third kappa shape index (κ3) is 4.00. The largest absolute Gasteiger partial charge is 0.417 e. The third-order valence-corrected chi connectivity index (χ3v) is 3.36. The van der Waals surface area contributed by atoms with Crippen molar-refractivity contribution in [2.45, 2.75) is 11.1 Å². The molecule has 1 rings (SSSR count). The van der Waals surface area contributed by atoms with Crippen LogP contribution in [0.1, 0.15) is 5.56 Å². The highest BCUT2D eigenvalue weighted by atomic mass is 32.2. The van der Waals surface area contributed by atoms with E-state index >= 15 is 0 Å². The van der Waals surface area contributed by atoms with Crippen LogP contribution in [0.15, 0.2) is 23.1 Å². The molecule has 5 nitrogen and oxygen atoms in total. The van der Waals surface area contributed by atoms with Crippen LogP contribution in [0.2, 0.25) is 0 Å². The molecule has 0 aliphatic rings. The molecule has 11 heteroatoms. The zero-order valence-electron chi connectivity index (χ0n) is 9.19. The Labute approximate surface area is 106 Å². The van der Waals surface area contributed by atoms with Crippen LogP contribution in [-0.4, -0.2) is 15.1 Å². The summed E-state index contributed by atoms with van der Waals surface area (Å²) < 4.78 is 91.9. The summed E-state index contributed by atoms with van der Waals surface area (Å²) in [5, 5.41) is 0. The first-order valence-electron chi connectivity index (χ1n) is 4.53. The van der Waals surface area contributed by atoms with E-state index in [1.165, 1.54) is 0 Å². The number of benzene rings is 1. The first-order chi connectivity index (χ1) is 8.55. The van der Waals surface area contributed by atoms with Crippen molar-refractivity contribution in [2.75, 3.05) is 6.66 Å². The van der Waals surface area contributed by atoms with E-state index in [0.29, 0.717) is 18.2 Å². The highest BCUT2D eigenvalue weighted by Crippen LogP contribution is 2.36. The molecular weight excluding hydrogens is 315 g/mol. The SMILES string of the molecule is C[PH](=O)OOS(=O)(=O)c1c(F)cccc1C(F)(F)F. The van der Waals surface area contributed by atoms with Crippen LogP contribution in [-0.2, 0) is 29.9 Å². The minimum absolute atomic E-state index is 0.369. The fourth-order valence-corrected chi connectivity index (χ4v) is 2.68. The summed E-state index contributed by atoms with van der Waals surface area (Å²) in [6.45, 7) is 0.937. The van der Waals surface area contributed by atoms with E-state index in [0.717, 1.165) is 6.66 Å². The van der Waals surface area contributed by atoms with Crippen molar-refractivity contribution in [3.63, 3.8) is 0 Å². The van der Waals surface area contributed by atoms with Gasteiger partial charge in [-0.25, -0.2) is 4.39 Å². The van der Waals surface area contributed by atoms with Gasteiger partial charge in [-0.05, 0) is 12.1 Å². The number of rotatable bonds is 4. The van der Waals surface area contributed by atoms with Crippen LogP contribution >= 0.6 is 8.03 Å². The number of halogens is 4. The lowest BCUT2D eigenvalue weighted by Crippen LogP contribution is -2.16. The first kappa shape index (κ1) is 16.1. The fourth-order valence-electron chi connectivity index (χ4n) is 1.11. The minimum atomic E-state index is -5.19. The molecule has 0 N–H and O–H groups in total. The Balaban J connectivity index is 3.37. The standard InChI is InChI=1S/C8H7F4O5PS/c1-18(13)16-17-19(14,15)7-5(8(10,11)12)3-2-4-6(7)9/h2-4,18H,1H3. The summed E-state index contributed by atoms with van der Waals surface area (Å²) in [5.41, 5.74) is -1.74. The van der Waals surface area contributed by atoms with Gasteiger partial charge in [-0.15, -0.1) is 0 Å². The number of alkyl halides is 3. The molecule has 0 aliphatic carbocycles. The van der Waals surface area contributed by atoms with Gasteiger partial charge < -0.3 is 0 Å². The normalized spacial score (nSPS) is 14.4. The van der Waals surface area contributed by atoms with Crippen LogP contribution < -0.4 is 0 Å². The maximum absolute atomic E-state index is 13.3. The molecule has 0 radical (unpaired) electrons. The number of hydrogen-bond donors (Lipinski definition) is 0. The monoisotopic (exact) mass is 322 g/mol. The van der Waals surface area contributed by atoms with Gasteiger partial charge in [-0.2, -0.15) is 26.3 Å². The summed E-state index contributed by atoms with van der Waals surface area (Å²) in [4.78, 5) is -1.72. The summed E-state index contributed by atoms with van der Waals surface area (Å²) in [7, 11) is -8.08. The highest BCUT2D eigenvalue weighted by Gasteiger charge is 2.40. The lowest BCUT2D eigenvalue weighted by atomic mass is 10.2. The molecule has 0 fully saturated rings. The van der Waals surface area contributed by atoms with E-state index in [9.17, 15) is 30.5 Å². The van der Waals surface area contributed by atoms with Gasteiger partial charge in [0.25, 0.3) is 0 Å². The van der Waals surface area contributed by atoms with Crippen LogP contribution in [0.3, 0.4) is 0 Å². The van der Waals surface area contributed by atoms with Crippen molar-refractivity contribution in [3.05, 3.63) is 29.6 Å². The lowest BCUT2D eigenvalue weighted by Gasteiger charge is -2.12. The van der Waals surface area contributed by atoms with Crippen molar-refractivity contribution in [1.29, 1.82) is 0 Å². The average Bonchev–Trinajstić information content (AvgIpc) is 2.24. The van der Waals surface area contributed by atoms with Gasteiger partial charge in [-0.1, -0.05) is 10.4 Å². The molecule has 0 saturated heterocycles. The van der Waals surface area contributed by atoms with Crippen molar-refractivity contribution < 1.29 is 39.6 Å². The van der Waals surface area contributed by atoms with Gasteiger partial charge in [0.1, 0.15) is 10.7 Å². The topological polar surface area (TPSA) is 69.7 Å². The summed E-state index contributed by atoms with van der Waals surface area (Å²) >= 11 is 0. The maximum atomic E-state index is 13.3. The van der Waals surface area contributed by atoms with Crippen molar-refractivity contribution in [2.24, 2.45) is 0 Å². The summed E-state index contributed by atoms with van der Waals surface area (Å²) in [6, 6.07) is 1.58. The Kier molecular flexibility index (Phi) is 4.72.